The lowest BCUT2D eigenvalue weighted by Gasteiger charge is -1.98. The highest BCUT2D eigenvalue weighted by Gasteiger charge is 1.99. The van der Waals surface area contributed by atoms with Crippen LogP contribution in [0.2, 0.25) is 5.02 Å². The summed E-state index contributed by atoms with van der Waals surface area (Å²) in [5.41, 5.74) is 8.67. The van der Waals surface area contributed by atoms with Crippen molar-refractivity contribution in [2.75, 3.05) is 7.05 Å². The number of nitrogens with two attached hydrogens (primary N) is 1. The fraction of sp³-hybridized carbons (Fsp3) is 0.143. The van der Waals surface area contributed by atoms with Crippen molar-refractivity contribution in [3.05, 3.63) is 29.0 Å². The summed E-state index contributed by atoms with van der Waals surface area (Å²) in [6.45, 7) is 0. The Balaban J connectivity index is 2.95. The number of amidine groups is 1. The molecule has 0 spiro atoms. The van der Waals surface area contributed by atoms with Crippen LogP contribution in [-0.2, 0) is 0 Å². The molecular formula is C7H9ClN4. The molecule has 1 rings (SSSR count). The lowest BCUT2D eigenvalue weighted by molar-refractivity contribution is 0.896. The Bertz CT molecular complexity index is 297. The third kappa shape index (κ3) is 2.10. The van der Waals surface area contributed by atoms with Crippen LogP contribution in [0.25, 0.3) is 0 Å². The number of rotatable bonds is 2. The summed E-state index contributed by atoms with van der Waals surface area (Å²) in [4.78, 5) is 3.98. The molecule has 1 aromatic heterocycles. The minimum absolute atomic E-state index is 0.319. The van der Waals surface area contributed by atoms with E-state index >= 15 is 0 Å². The van der Waals surface area contributed by atoms with Gasteiger partial charge < -0.3 is 11.2 Å². The van der Waals surface area contributed by atoms with E-state index < -0.39 is 0 Å². The van der Waals surface area contributed by atoms with Crippen molar-refractivity contribution >= 4 is 17.4 Å². The summed E-state index contributed by atoms with van der Waals surface area (Å²) in [7, 11) is 1.66. The van der Waals surface area contributed by atoms with Gasteiger partial charge in [-0.1, -0.05) is 11.6 Å². The molecule has 1 aromatic rings. The molecule has 64 valence electrons. The first kappa shape index (κ1) is 8.80. The van der Waals surface area contributed by atoms with Gasteiger partial charge in [0.1, 0.15) is 5.69 Å². The smallest absolute Gasteiger partial charge is 0.169 e. The molecule has 0 atom stereocenters. The molecule has 0 aliphatic rings. The van der Waals surface area contributed by atoms with Gasteiger partial charge in [0.05, 0.1) is 0 Å². The van der Waals surface area contributed by atoms with E-state index in [9.17, 15) is 0 Å². The fourth-order valence-electron chi connectivity index (χ4n) is 0.723. The summed E-state index contributed by atoms with van der Waals surface area (Å²) in [6.07, 6.45) is 1.58. The van der Waals surface area contributed by atoms with E-state index in [1.807, 2.05) is 0 Å². The zero-order chi connectivity index (χ0) is 8.97. The number of hydrogen-bond acceptors (Lipinski definition) is 3. The van der Waals surface area contributed by atoms with Crippen molar-refractivity contribution in [2.24, 2.45) is 10.8 Å². The topological polar surface area (TPSA) is 63.3 Å². The van der Waals surface area contributed by atoms with E-state index in [1.54, 1.807) is 25.4 Å². The average molecular weight is 185 g/mol. The van der Waals surface area contributed by atoms with Crippen LogP contribution in [0.1, 0.15) is 5.69 Å². The van der Waals surface area contributed by atoms with Gasteiger partial charge in [0, 0.05) is 18.3 Å². The lowest BCUT2D eigenvalue weighted by atomic mass is 10.3. The number of halogens is 1. The summed E-state index contributed by atoms with van der Waals surface area (Å²) < 4.78 is 0. The molecule has 0 radical (unpaired) electrons. The molecule has 0 unspecified atom stereocenters. The van der Waals surface area contributed by atoms with Crippen LogP contribution in [0.5, 0.6) is 0 Å². The predicted molar refractivity (Wildman–Crippen MR) is 49.0 cm³/mol. The van der Waals surface area contributed by atoms with Crippen molar-refractivity contribution < 1.29 is 0 Å². The SMILES string of the molecule is CN/N=C(\N)c1cc(Cl)ccn1. The normalized spacial score (nSPS) is 11.3. The summed E-state index contributed by atoms with van der Waals surface area (Å²) in [6, 6.07) is 3.33. The van der Waals surface area contributed by atoms with Crippen molar-refractivity contribution in [3.8, 4) is 0 Å². The van der Waals surface area contributed by atoms with Crippen LogP contribution in [0.15, 0.2) is 23.4 Å². The van der Waals surface area contributed by atoms with E-state index in [0.29, 0.717) is 16.6 Å². The molecule has 3 N–H and O–H groups in total. The van der Waals surface area contributed by atoms with Gasteiger partial charge in [0.2, 0.25) is 0 Å². The van der Waals surface area contributed by atoms with Gasteiger partial charge >= 0.3 is 0 Å². The van der Waals surface area contributed by atoms with E-state index in [0.717, 1.165) is 0 Å². The molecule has 12 heavy (non-hydrogen) atoms. The minimum Gasteiger partial charge on any atom is -0.380 e. The molecule has 0 saturated carbocycles. The molecule has 5 heteroatoms. The molecule has 4 nitrogen and oxygen atoms in total. The second kappa shape index (κ2) is 3.92. The second-order valence-corrected chi connectivity index (χ2v) is 2.52. The quantitative estimate of drug-likeness (QED) is 0.402. The first-order chi connectivity index (χ1) is 5.74. The Hall–Kier alpha value is -1.29. The molecule has 0 aliphatic heterocycles. The van der Waals surface area contributed by atoms with Crippen LogP contribution in [0, 0.1) is 0 Å². The average Bonchev–Trinajstić information content (AvgIpc) is 2.05. The van der Waals surface area contributed by atoms with Crippen LogP contribution >= 0.6 is 11.6 Å². The van der Waals surface area contributed by atoms with E-state index in [2.05, 4.69) is 15.5 Å². The third-order valence-electron chi connectivity index (χ3n) is 1.22. The molecule has 0 fully saturated rings. The highest BCUT2D eigenvalue weighted by atomic mass is 35.5. The molecule has 0 aromatic carbocycles. The minimum atomic E-state index is 0.319. The van der Waals surface area contributed by atoms with Crippen LogP contribution in [0.4, 0.5) is 0 Å². The molecule has 1 heterocycles. The Morgan fingerprint density at radius 2 is 2.50 bits per heavy atom. The van der Waals surface area contributed by atoms with Gasteiger partial charge in [-0.25, -0.2) is 0 Å². The maximum Gasteiger partial charge on any atom is 0.169 e. The van der Waals surface area contributed by atoms with E-state index in [-0.39, 0.29) is 0 Å². The van der Waals surface area contributed by atoms with Gasteiger partial charge in [-0.2, -0.15) is 5.10 Å². The number of pyridine rings is 1. The maximum absolute atomic E-state index is 5.72. The Morgan fingerprint density at radius 1 is 1.75 bits per heavy atom. The second-order valence-electron chi connectivity index (χ2n) is 2.08. The predicted octanol–water partition coefficient (Wildman–Crippen LogP) is 0.575. The van der Waals surface area contributed by atoms with Gasteiger partial charge in [-0.3, -0.25) is 4.98 Å². The van der Waals surface area contributed by atoms with Crippen molar-refractivity contribution in [3.63, 3.8) is 0 Å². The molecule has 0 amide bonds. The highest BCUT2D eigenvalue weighted by Crippen LogP contribution is 2.07. The van der Waals surface area contributed by atoms with Gasteiger partial charge in [0.15, 0.2) is 5.84 Å². The first-order valence-electron chi connectivity index (χ1n) is 3.36. The Kier molecular flexibility index (Phi) is 2.88. The van der Waals surface area contributed by atoms with Gasteiger partial charge in [0.25, 0.3) is 0 Å². The largest absolute Gasteiger partial charge is 0.380 e. The molecular weight excluding hydrogens is 176 g/mol. The number of hydrogen-bond donors (Lipinski definition) is 2. The molecule has 0 bridgehead atoms. The standard InChI is InChI=1S/C7H9ClN4/c1-10-12-7(9)6-4-5(8)2-3-11-6/h2-4,10H,1H3,(H2,9,12). The zero-order valence-corrected chi connectivity index (χ0v) is 7.34. The summed E-state index contributed by atoms with van der Waals surface area (Å²) in [5, 5.41) is 4.35. The van der Waals surface area contributed by atoms with Gasteiger partial charge in [-0.15, -0.1) is 0 Å². The molecule has 0 saturated heterocycles. The fourth-order valence-corrected chi connectivity index (χ4v) is 0.882. The monoisotopic (exact) mass is 184 g/mol. The van der Waals surface area contributed by atoms with Gasteiger partial charge in [-0.05, 0) is 12.1 Å². The summed E-state index contributed by atoms with van der Waals surface area (Å²) >= 11 is 5.72. The third-order valence-corrected chi connectivity index (χ3v) is 1.45. The Labute approximate surface area is 75.4 Å². The number of aromatic nitrogens is 1. The maximum atomic E-state index is 5.72. The molecule has 0 aliphatic carbocycles. The van der Waals surface area contributed by atoms with Crippen molar-refractivity contribution in [2.45, 2.75) is 0 Å². The van der Waals surface area contributed by atoms with Crippen LogP contribution < -0.4 is 11.2 Å². The van der Waals surface area contributed by atoms with Crippen LogP contribution in [0.3, 0.4) is 0 Å². The Morgan fingerprint density at radius 3 is 3.08 bits per heavy atom. The van der Waals surface area contributed by atoms with E-state index in [4.69, 9.17) is 17.3 Å². The number of nitrogens with zero attached hydrogens (tertiary/aromatic N) is 2. The zero-order valence-electron chi connectivity index (χ0n) is 6.58. The van der Waals surface area contributed by atoms with Crippen LogP contribution in [-0.4, -0.2) is 17.9 Å². The number of hydrazone groups is 1. The number of nitrogens with one attached hydrogen (secondary N) is 1. The lowest BCUT2D eigenvalue weighted by Crippen LogP contribution is -2.18. The first-order valence-corrected chi connectivity index (χ1v) is 3.73. The highest BCUT2D eigenvalue weighted by molar-refractivity contribution is 6.30. The van der Waals surface area contributed by atoms with Crippen molar-refractivity contribution in [1.29, 1.82) is 0 Å². The van der Waals surface area contributed by atoms with E-state index in [1.165, 1.54) is 0 Å². The van der Waals surface area contributed by atoms with Crippen molar-refractivity contribution in [1.82, 2.24) is 10.4 Å². The summed E-state index contributed by atoms with van der Waals surface area (Å²) in [5.74, 6) is 0.319.